The van der Waals surface area contributed by atoms with Crippen LogP contribution in [0.3, 0.4) is 0 Å². The van der Waals surface area contributed by atoms with Crippen molar-refractivity contribution in [2.45, 2.75) is 77.0 Å². The Bertz CT molecular complexity index is 241. The third-order valence-electron chi connectivity index (χ3n) is 4.59. The normalized spacial score (nSPS) is 22.0. The summed E-state index contributed by atoms with van der Waals surface area (Å²) in [4.78, 5) is 11.6. The van der Waals surface area contributed by atoms with Crippen molar-refractivity contribution >= 4 is 5.97 Å². The second-order valence-corrected chi connectivity index (χ2v) is 6.14. The van der Waals surface area contributed by atoms with Crippen LogP contribution in [-0.4, -0.2) is 19.6 Å². The average Bonchev–Trinajstić information content (AvgIpc) is 2.42. The predicted octanol–water partition coefficient (Wildman–Crippen LogP) is 3.80. The van der Waals surface area contributed by atoms with Gasteiger partial charge >= 0.3 is 5.97 Å². The molecule has 0 bridgehead atoms. The molecule has 3 nitrogen and oxygen atoms in total. The molecule has 1 saturated carbocycles. The van der Waals surface area contributed by atoms with Crippen LogP contribution in [0.15, 0.2) is 0 Å². The van der Waals surface area contributed by atoms with Crippen LogP contribution < -0.4 is 5.73 Å². The fraction of sp³-hybridized carbons (Fsp3) is 0.938. The maximum atomic E-state index is 11.6. The lowest BCUT2D eigenvalue weighted by molar-refractivity contribution is -0.143. The molecule has 1 aliphatic rings. The Morgan fingerprint density at radius 1 is 0.947 bits per heavy atom. The molecule has 0 aliphatic heterocycles. The largest absolute Gasteiger partial charge is 0.469 e. The summed E-state index contributed by atoms with van der Waals surface area (Å²) < 4.78 is 4.86. The zero-order valence-corrected chi connectivity index (χ0v) is 12.6. The van der Waals surface area contributed by atoms with Crippen LogP contribution in [0.25, 0.3) is 0 Å². The molecule has 0 saturated heterocycles. The second kappa shape index (κ2) is 9.35. The molecule has 3 heteroatoms. The maximum Gasteiger partial charge on any atom is 0.306 e. The Morgan fingerprint density at radius 2 is 1.37 bits per heavy atom. The van der Waals surface area contributed by atoms with Gasteiger partial charge in [-0.1, -0.05) is 57.8 Å². The van der Waals surface area contributed by atoms with Crippen LogP contribution in [0.4, 0.5) is 0 Å². The van der Waals surface area contributed by atoms with Gasteiger partial charge in [0, 0.05) is 0 Å². The first-order valence-corrected chi connectivity index (χ1v) is 7.99. The molecular weight excluding hydrogens is 238 g/mol. The lowest BCUT2D eigenvalue weighted by Crippen LogP contribution is -2.33. The summed E-state index contributed by atoms with van der Waals surface area (Å²) in [6, 6.07) is 0. The maximum absolute atomic E-state index is 11.6. The lowest BCUT2D eigenvalue weighted by atomic mass is 9.75. The van der Waals surface area contributed by atoms with E-state index in [-0.39, 0.29) is 11.4 Å². The van der Waals surface area contributed by atoms with Gasteiger partial charge in [0.25, 0.3) is 0 Å². The van der Waals surface area contributed by atoms with Crippen LogP contribution in [-0.2, 0) is 9.53 Å². The number of hydrogen-bond donors (Lipinski definition) is 1. The third kappa shape index (κ3) is 6.42. The van der Waals surface area contributed by atoms with Crippen molar-refractivity contribution in [2.75, 3.05) is 13.7 Å². The van der Waals surface area contributed by atoms with Crippen LogP contribution in [0.5, 0.6) is 0 Å². The Labute approximate surface area is 118 Å². The SMILES string of the molecule is COC(=O)CC1(CN)CCCCCCCCCCC1. The fourth-order valence-corrected chi connectivity index (χ4v) is 3.19. The summed E-state index contributed by atoms with van der Waals surface area (Å²) in [5.74, 6) is -0.0995. The first-order valence-electron chi connectivity index (χ1n) is 7.99. The number of rotatable bonds is 3. The van der Waals surface area contributed by atoms with Crippen molar-refractivity contribution in [2.24, 2.45) is 11.1 Å². The Morgan fingerprint density at radius 3 is 1.74 bits per heavy atom. The second-order valence-electron chi connectivity index (χ2n) is 6.14. The van der Waals surface area contributed by atoms with Crippen LogP contribution in [0.1, 0.15) is 77.0 Å². The molecule has 0 unspecified atom stereocenters. The number of nitrogens with two attached hydrogens (primary N) is 1. The monoisotopic (exact) mass is 269 g/mol. The van der Waals surface area contributed by atoms with Gasteiger partial charge in [0.15, 0.2) is 0 Å². The molecule has 112 valence electrons. The molecule has 0 heterocycles. The minimum atomic E-state index is -0.0995. The molecule has 1 rings (SSSR count). The van der Waals surface area contributed by atoms with Crippen molar-refractivity contribution in [1.29, 1.82) is 0 Å². The predicted molar refractivity (Wildman–Crippen MR) is 78.9 cm³/mol. The quantitative estimate of drug-likeness (QED) is 0.793. The number of carbonyl (C=O) groups is 1. The van der Waals surface area contributed by atoms with Crippen molar-refractivity contribution < 1.29 is 9.53 Å². The third-order valence-corrected chi connectivity index (χ3v) is 4.59. The molecular formula is C16H31NO2. The fourth-order valence-electron chi connectivity index (χ4n) is 3.19. The standard InChI is InChI=1S/C16H31NO2/c1-19-15(18)13-16(14-17)11-9-7-5-3-2-4-6-8-10-12-16/h2-14,17H2,1H3. The van der Waals surface area contributed by atoms with E-state index in [1.807, 2.05) is 0 Å². The molecule has 1 fully saturated rings. The molecule has 0 amide bonds. The van der Waals surface area contributed by atoms with Gasteiger partial charge in [0.1, 0.15) is 0 Å². The van der Waals surface area contributed by atoms with Gasteiger partial charge in [-0.3, -0.25) is 4.79 Å². The van der Waals surface area contributed by atoms with Gasteiger partial charge in [0.05, 0.1) is 13.5 Å². The zero-order valence-electron chi connectivity index (χ0n) is 12.6. The molecule has 0 spiro atoms. The van der Waals surface area contributed by atoms with Crippen molar-refractivity contribution in [1.82, 2.24) is 0 Å². The number of hydrogen-bond acceptors (Lipinski definition) is 3. The molecule has 0 atom stereocenters. The van der Waals surface area contributed by atoms with E-state index in [1.54, 1.807) is 0 Å². The topological polar surface area (TPSA) is 52.3 Å². The van der Waals surface area contributed by atoms with E-state index in [2.05, 4.69) is 0 Å². The van der Waals surface area contributed by atoms with E-state index >= 15 is 0 Å². The molecule has 19 heavy (non-hydrogen) atoms. The molecule has 0 radical (unpaired) electrons. The van der Waals surface area contributed by atoms with Gasteiger partial charge in [-0.15, -0.1) is 0 Å². The van der Waals surface area contributed by atoms with Gasteiger partial charge in [-0.25, -0.2) is 0 Å². The number of esters is 1. The summed E-state index contributed by atoms with van der Waals surface area (Å²) in [6.07, 6.45) is 14.4. The van der Waals surface area contributed by atoms with Crippen molar-refractivity contribution in [3.8, 4) is 0 Å². The van der Waals surface area contributed by atoms with Crippen molar-refractivity contribution in [3.05, 3.63) is 0 Å². The summed E-state index contributed by atoms with van der Waals surface area (Å²) >= 11 is 0. The highest BCUT2D eigenvalue weighted by molar-refractivity contribution is 5.70. The van der Waals surface area contributed by atoms with E-state index < -0.39 is 0 Å². The van der Waals surface area contributed by atoms with E-state index in [4.69, 9.17) is 10.5 Å². The van der Waals surface area contributed by atoms with E-state index in [9.17, 15) is 4.79 Å². The number of carbonyl (C=O) groups excluding carboxylic acids is 1. The first-order chi connectivity index (χ1) is 9.22. The summed E-state index contributed by atoms with van der Waals surface area (Å²) in [5, 5.41) is 0. The number of ether oxygens (including phenoxy) is 1. The summed E-state index contributed by atoms with van der Waals surface area (Å²) in [6.45, 7) is 0.613. The van der Waals surface area contributed by atoms with E-state index in [0.717, 1.165) is 12.8 Å². The summed E-state index contributed by atoms with van der Waals surface area (Å²) in [7, 11) is 1.47. The molecule has 0 aromatic heterocycles. The molecule has 2 N–H and O–H groups in total. The highest BCUT2D eigenvalue weighted by Crippen LogP contribution is 2.35. The van der Waals surface area contributed by atoms with Gasteiger partial charge in [-0.05, 0) is 24.8 Å². The molecule has 0 aromatic carbocycles. The Balaban J connectivity index is 2.57. The lowest BCUT2D eigenvalue weighted by Gasteiger charge is -2.32. The minimum Gasteiger partial charge on any atom is -0.469 e. The van der Waals surface area contributed by atoms with E-state index in [1.165, 1.54) is 64.9 Å². The highest BCUT2D eigenvalue weighted by Gasteiger charge is 2.31. The van der Waals surface area contributed by atoms with Gasteiger partial charge in [-0.2, -0.15) is 0 Å². The highest BCUT2D eigenvalue weighted by atomic mass is 16.5. The minimum absolute atomic E-state index is 0.00765. The number of methoxy groups -OCH3 is 1. The molecule has 0 aromatic rings. The van der Waals surface area contributed by atoms with Crippen LogP contribution in [0, 0.1) is 5.41 Å². The van der Waals surface area contributed by atoms with Gasteiger partial charge < -0.3 is 10.5 Å². The Kier molecular flexibility index (Phi) is 8.11. The van der Waals surface area contributed by atoms with Crippen molar-refractivity contribution in [3.63, 3.8) is 0 Å². The zero-order chi connectivity index (χ0) is 14.0. The summed E-state index contributed by atoms with van der Waals surface area (Å²) in [5.41, 5.74) is 6.01. The van der Waals surface area contributed by atoms with Gasteiger partial charge in [0.2, 0.25) is 0 Å². The van der Waals surface area contributed by atoms with E-state index in [0.29, 0.717) is 13.0 Å². The Hall–Kier alpha value is -0.570. The average molecular weight is 269 g/mol. The van der Waals surface area contributed by atoms with Crippen LogP contribution in [0.2, 0.25) is 0 Å². The van der Waals surface area contributed by atoms with Crippen LogP contribution >= 0.6 is 0 Å². The smallest absolute Gasteiger partial charge is 0.306 e. The first kappa shape index (κ1) is 16.5. The molecule has 1 aliphatic carbocycles.